The van der Waals surface area contributed by atoms with Crippen LogP contribution in [-0.2, 0) is 0 Å². The second-order valence-corrected chi connectivity index (χ2v) is 4.52. The maximum absolute atomic E-state index is 11.5. The molecule has 1 atom stereocenters. The average Bonchev–Trinajstić information content (AvgIpc) is 2.29. The second-order valence-electron chi connectivity index (χ2n) is 3.64. The third-order valence-electron chi connectivity index (χ3n) is 2.34. The number of rotatable bonds is 4. The van der Waals surface area contributed by atoms with E-state index in [-0.39, 0.29) is 12.1 Å². The van der Waals surface area contributed by atoms with Crippen LogP contribution >= 0.6 is 11.8 Å². The number of carbonyl (C=O) groups is 1. The first kappa shape index (κ1) is 12.9. The summed E-state index contributed by atoms with van der Waals surface area (Å²) < 4.78 is 0. The van der Waals surface area contributed by atoms with Crippen LogP contribution in [0.2, 0.25) is 0 Å². The van der Waals surface area contributed by atoms with Crippen LogP contribution in [0.4, 0.5) is 10.5 Å². The molecule has 1 aromatic carbocycles. The third kappa shape index (κ3) is 4.14. The summed E-state index contributed by atoms with van der Waals surface area (Å²) >= 11 is 1.68. The van der Waals surface area contributed by atoms with E-state index in [0.29, 0.717) is 0 Å². The van der Waals surface area contributed by atoms with Crippen molar-refractivity contribution in [2.45, 2.75) is 31.2 Å². The minimum atomic E-state index is -0.147. The summed E-state index contributed by atoms with van der Waals surface area (Å²) in [6, 6.07) is 7.84. The Bertz CT molecular complexity index is 337. The molecule has 2 N–H and O–H groups in total. The Morgan fingerprint density at radius 2 is 2.00 bits per heavy atom. The van der Waals surface area contributed by atoms with Gasteiger partial charge < -0.3 is 10.6 Å². The number of carbonyl (C=O) groups excluding carboxylic acids is 1. The quantitative estimate of drug-likeness (QED) is 0.790. The zero-order valence-corrected chi connectivity index (χ0v) is 10.7. The number of hydrogen-bond donors (Lipinski definition) is 2. The number of thioether (sulfide) groups is 1. The van der Waals surface area contributed by atoms with E-state index in [0.717, 1.165) is 12.1 Å². The van der Waals surface area contributed by atoms with E-state index in [4.69, 9.17) is 0 Å². The number of anilines is 1. The van der Waals surface area contributed by atoms with Gasteiger partial charge in [-0.15, -0.1) is 11.8 Å². The highest BCUT2D eigenvalue weighted by Gasteiger charge is 2.04. The average molecular weight is 238 g/mol. The number of benzene rings is 1. The van der Waals surface area contributed by atoms with E-state index in [9.17, 15) is 4.79 Å². The lowest BCUT2D eigenvalue weighted by molar-refractivity contribution is 0.249. The molecule has 0 saturated heterocycles. The van der Waals surface area contributed by atoms with Crippen LogP contribution in [0.3, 0.4) is 0 Å². The van der Waals surface area contributed by atoms with E-state index in [2.05, 4.69) is 10.6 Å². The van der Waals surface area contributed by atoms with Crippen LogP contribution in [0.5, 0.6) is 0 Å². The van der Waals surface area contributed by atoms with Crippen LogP contribution in [0, 0.1) is 0 Å². The smallest absolute Gasteiger partial charge is 0.319 e. The summed E-state index contributed by atoms with van der Waals surface area (Å²) in [7, 11) is 0. The van der Waals surface area contributed by atoms with Gasteiger partial charge in [-0.05, 0) is 43.9 Å². The van der Waals surface area contributed by atoms with Crippen LogP contribution in [-0.4, -0.2) is 18.3 Å². The van der Waals surface area contributed by atoms with Crippen LogP contribution in [0.25, 0.3) is 0 Å². The lowest BCUT2D eigenvalue weighted by atomic mass is 10.3. The minimum Gasteiger partial charge on any atom is -0.335 e. The summed E-state index contributed by atoms with van der Waals surface area (Å²) in [5.41, 5.74) is 0.818. The van der Waals surface area contributed by atoms with Crippen molar-refractivity contribution in [2.24, 2.45) is 0 Å². The molecule has 16 heavy (non-hydrogen) atoms. The molecule has 0 spiro atoms. The second kappa shape index (κ2) is 6.43. The van der Waals surface area contributed by atoms with Crippen molar-refractivity contribution in [1.82, 2.24) is 5.32 Å². The molecule has 1 rings (SSSR count). The van der Waals surface area contributed by atoms with Crippen molar-refractivity contribution in [3.05, 3.63) is 24.3 Å². The zero-order chi connectivity index (χ0) is 12.0. The Labute approximate surface area is 101 Å². The fourth-order valence-corrected chi connectivity index (χ4v) is 1.58. The lowest BCUT2D eigenvalue weighted by Crippen LogP contribution is -2.35. The van der Waals surface area contributed by atoms with E-state index in [1.807, 2.05) is 44.4 Å². The molecule has 88 valence electrons. The Hall–Kier alpha value is -1.16. The summed E-state index contributed by atoms with van der Waals surface area (Å²) in [6.45, 7) is 4.02. The predicted molar refractivity (Wildman–Crippen MR) is 70.1 cm³/mol. The molecular weight excluding hydrogens is 220 g/mol. The molecule has 0 aliphatic rings. The number of urea groups is 1. The van der Waals surface area contributed by atoms with Crippen molar-refractivity contribution < 1.29 is 4.79 Å². The topological polar surface area (TPSA) is 41.1 Å². The molecule has 0 radical (unpaired) electrons. The SMILES string of the molecule is CC[C@@H](C)NC(=O)Nc1ccc(SC)cc1. The van der Waals surface area contributed by atoms with Gasteiger partial charge in [0.15, 0.2) is 0 Å². The van der Waals surface area contributed by atoms with Gasteiger partial charge in [-0.1, -0.05) is 6.92 Å². The van der Waals surface area contributed by atoms with Gasteiger partial charge in [0.25, 0.3) is 0 Å². The molecule has 0 aliphatic heterocycles. The third-order valence-corrected chi connectivity index (χ3v) is 3.08. The monoisotopic (exact) mass is 238 g/mol. The molecule has 1 aromatic rings. The Balaban J connectivity index is 2.49. The van der Waals surface area contributed by atoms with Crippen LogP contribution < -0.4 is 10.6 Å². The number of hydrogen-bond acceptors (Lipinski definition) is 2. The van der Waals surface area contributed by atoms with Gasteiger partial charge in [0.2, 0.25) is 0 Å². The lowest BCUT2D eigenvalue weighted by Gasteiger charge is -2.12. The van der Waals surface area contributed by atoms with Gasteiger partial charge in [-0.3, -0.25) is 0 Å². The van der Waals surface area contributed by atoms with Crippen molar-refractivity contribution >= 4 is 23.5 Å². The molecule has 3 nitrogen and oxygen atoms in total. The number of amides is 2. The highest BCUT2D eigenvalue weighted by molar-refractivity contribution is 7.98. The first-order valence-corrected chi connectivity index (χ1v) is 6.59. The number of nitrogens with one attached hydrogen (secondary N) is 2. The Morgan fingerprint density at radius 3 is 2.50 bits per heavy atom. The maximum Gasteiger partial charge on any atom is 0.319 e. The Morgan fingerprint density at radius 1 is 1.38 bits per heavy atom. The fourth-order valence-electron chi connectivity index (χ4n) is 1.17. The largest absolute Gasteiger partial charge is 0.335 e. The summed E-state index contributed by atoms with van der Waals surface area (Å²) in [5.74, 6) is 0. The van der Waals surface area contributed by atoms with Crippen molar-refractivity contribution in [3.8, 4) is 0 Å². The Kier molecular flexibility index (Phi) is 5.19. The first-order valence-electron chi connectivity index (χ1n) is 5.37. The predicted octanol–water partition coefficient (Wildman–Crippen LogP) is 3.33. The normalized spacial score (nSPS) is 11.9. The molecule has 2 amide bonds. The van der Waals surface area contributed by atoms with E-state index < -0.39 is 0 Å². The van der Waals surface area contributed by atoms with Gasteiger partial charge in [0.05, 0.1) is 0 Å². The summed E-state index contributed by atoms with van der Waals surface area (Å²) in [5, 5.41) is 5.65. The molecule has 0 heterocycles. The summed E-state index contributed by atoms with van der Waals surface area (Å²) in [4.78, 5) is 12.7. The first-order chi connectivity index (χ1) is 7.65. The minimum absolute atomic E-state index is 0.147. The molecule has 0 unspecified atom stereocenters. The molecular formula is C12H18N2OS. The standard InChI is InChI=1S/C12H18N2OS/c1-4-9(2)13-12(15)14-10-5-7-11(16-3)8-6-10/h5-9H,4H2,1-3H3,(H2,13,14,15)/t9-/m1/s1. The van der Waals surface area contributed by atoms with Crippen molar-refractivity contribution in [3.63, 3.8) is 0 Å². The summed E-state index contributed by atoms with van der Waals surface area (Å²) in [6.07, 6.45) is 2.96. The maximum atomic E-state index is 11.5. The molecule has 0 aliphatic carbocycles. The van der Waals surface area contributed by atoms with Gasteiger partial charge in [-0.25, -0.2) is 4.79 Å². The van der Waals surface area contributed by atoms with Crippen LogP contribution in [0.15, 0.2) is 29.2 Å². The molecule has 4 heteroatoms. The van der Waals surface area contributed by atoms with Gasteiger partial charge in [0.1, 0.15) is 0 Å². The van der Waals surface area contributed by atoms with Crippen molar-refractivity contribution in [1.29, 1.82) is 0 Å². The van der Waals surface area contributed by atoms with E-state index >= 15 is 0 Å². The van der Waals surface area contributed by atoms with Crippen molar-refractivity contribution in [2.75, 3.05) is 11.6 Å². The van der Waals surface area contributed by atoms with E-state index in [1.54, 1.807) is 11.8 Å². The molecule has 0 aromatic heterocycles. The van der Waals surface area contributed by atoms with Crippen LogP contribution in [0.1, 0.15) is 20.3 Å². The molecule has 0 bridgehead atoms. The van der Waals surface area contributed by atoms with Gasteiger partial charge in [0, 0.05) is 16.6 Å². The highest BCUT2D eigenvalue weighted by Crippen LogP contribution is 2.17. The highest BCUT2D eigenvalue weighted by atomic mass is 32.2. The molecule has 0 saturated carbocycles. The zero-order valence-electron chi connectivity index (χ0n) is 9.91. The molecule has 0 fully saturated rings. The van der Waals surface area contributed by atoms with Gasteiger partial charge >= 0.3 is 6.03 Å². The van der Waals surface area contributed by atoms with Gasteiger partial charge in [-0.2, -0.15) is 0 Å². The fraction of sp³-hybridized carbons (Fsp3) is 0.417. The van der Waals surface area contributed by atoms with E-state index in [1.165, 1.54) is 4.90 Å².